The Morgan fingerprint density at radius 1 is 1.17 bits per heavy atom. The van der Waals surface area contributed by atoms with Gasteiger partial charge in [-0.25, -0.2) is 9.37 Å². The third-order valence-corrected chi connectivity index (χ3v) is 6.62. The van der Waals surface area contributed by atoms with Crippen LogP contribution in [-0.2, 0) is 12.0 Å². The van der Waals surface area contributed by atoms with Crippen molar-refractivity contribution in [1.29, 1.82) is 0 Å². The molecule has 0 bridgehead atoms. The average Bonchev–Trinajstić information content (AvgIpc) is 3.42. The van der Waals surface area contributed by atoms with Gasteiger partial charge in [-0.15, -0.1) is 0 Å². The molecule has 8 nitrogen and oxygen atoms in total. The molecule has 1 atom stereocenters. The number of aromatic nitrogens is 3. The SMILES string of the molecule is Cc1cn(-c2ccc3n(c2=O)CCN(CCOc2ccc(F)c4c2C(C)(C(F)(F)F)CO4)C3=O)cn1. The number of fused-ring (bicyclic) bond motifs is 2. The number of imidazole rings is 1. The van der Waals surface area contributed by atoms with Gasteiger partial charge in [-0.1, -0.05) is 0 Å². The zero-order chi connectivity index (χ0) is 25.8. The Morgan fingerprint density at radius 3 is 2.64 bits per heavy atom. The van der Waals surface area contributed by atoms with E-state index in [0.717, 1.165) is 24.8 Å². The van der Waals surface area contributed by atoms with Gasteiger partial charge in [0.15, 0.2) is 11.6 Å². The van der Waals surface area contributed by atoms with Crippen LogP contribution in [0.5, 0.6) is 11.5 Å². The van der Waals surface area contributed by atoms with Gasteiger partial charge in [0.05, 0.1) is 24.1 Å². The van der Waals surface area contributed by atoms with E-state index in [0.29, 0.717) is 5.69 Å². The van der Waals surface area contributed by atoms with Gasteiger partial charge in [0.2, 0.25) is 0 Å². The molecule has 1 unspecified atom stereocenters. The molecule has 0 N–H and O–H groups in total. The summed E-state index contributed by atoms with van der Waals surface area (Å²) in [7, 11) is 0. The fraction of sp³-hybridized carbons (Fsp3) is 0.375. The van der Waals surface area contributed by atoms with E-state index in [9.17, 15) is 27.2 Å². The highest BCUT2D eigenvalue weighted by Gasteiger charge is 2.59. The molecular weight excluding hydrogens is 484 g/mol. The molecule has 1 amide bonds. The highest BCUT2D eigenvalue weighted by molar-refractivity contribution is 5.93. The molecule has 4 heterocycles. The minimum Gasteiger partial charge on any atom is -0.491 e. The second-order valence-electron chi connectivity index (χ2n) is 8.99. The number of hydrogen-bond donors (Lipinski definition) is 0. The van der Waals surface area contributed by atoms with Gasteiger partial charge >= 0.3 is 6.18 Å². The number of halogens is 4. The second-order valence-corrected chi connectivity index (χ2v) is 8.99. The lowest BCUT2D eigenvalue weighted by Gasteiger charge is -2.30. The van der Waals surface area contributed by atoms with Gasteiger partial charge in [-0.2, -0.15) is 13.2 Å². The third-order valence-electron chi connectivity index (χ3n) is 6.62. The summed E-state index contributed by atoms with van der Waals surface area (Å²) in [6.07, 6.45) is -1.45. The molecule has 0 aliphatic carbocycles. The zero-order valence-electron chi connectivity index (χ0n) is 19.4. The van der Waals surface area contributed by atoms with Crippen LogP contribution in [0.2, 0.25) is 0 Å². The highest BCUT2D eigenvalue weighted by Crippen LogP contribution is 2.53. The number of hydrogen-bond acceptors (Lipinski definition) is 5. The number of alkyl halides is 3. The fourth-order valence-electron chi connectivity index (χ4n) is 4.52. The lowest BCUT2D eigenvalue weighted by atomic mass is 9.83. The van der Waals surface area contributed by atoms with Gasteiger partial charge in [-0.3, -0.25) is 9.59 Å². The van der Waals surface area contributed by atoms with E-state index in [4.69, 9.17) is 9.47 Å². The fourth-order valence-corrected chi connectivity index (χ4v) is 4.52. The molecule has 0 saturated heterocycles. The average molecular weight is 506 g/mol. The molecular formula is C24H22F4N4O4. The Hall–Kier alpha value is -3.83. The van der Waals surface area contributed by atoms with Crippen LogP contribution in [0.25, 0.3) is 5.69 Å². The van der Waals surface area contributed by atoms with E-state index < -0.39 is 35.7 Å². The van der Waals surface area contributed by atoms with Crippen molar-refractivity contribution < 1.29 is 31.8 Å². The van der Waals surface area contributed by atoms with Crippen molar-refractivity contribution in [1.82, 2.24) is 19.0 Å². The first kappa shape index (κ1) is 23.9. The molecule has 0 spiro atoms. The number of aryl methyl sites for hydroxylation is 1. The van der Waals surface area contributed by atoms with Crippen LogP contribution >= 0.6 is 0 Å². The Bertz CT molecular complexity index is 1410. The molecule has 0 saturated carbocycles. The molecule has 2 aromatic heterocycles. The van der Waals surface area contributed by atoms with Crippen LogP contribution in [-0.4, -0.2) is 57.4 Å². The van der Waals surface area contributed by atoms with Gasteiger partial charge in [0.1, 0.15) is 35.8 Å². The minimum absolute atomic E-state index is 0.0607. The van der Waals surface area contributed by atoms with Gasteiger partial charge < -0.3 is 23.5 Å². The van der Waals surface area contributed by atoms with Gasteiger partial charge in [0.25, 0.3) is 11.5 Å². The number of pyridine rings is 1. The predicted molar refractivity (Wildman–Crippen MR) is 119 cm³/mol. The number of carbonyl (C=O) groups excluding carboxylic acids is 1. The van der Waals surface area contributed by atoms with E-state index in [1.165, 1.54) is 15.8 Å². The van der Waals surface area contributed by atoms with Crippen molar-refractivity contribution in [2.24, 2.45) is 0 Å². The zero-order valence-corrected chi connectivity index (χ0v) is 19.4. The van der Waals surface area contributed by atoms with Crippen LogP contribution in [0.1, 0.15) is 28.7 Å². The van der Waals surface area contributed by atoms with E-state index in [2.05, 4.69) is 4.98 Å². The van der Waals surface area contributed by atoms with Crippen LogP contribution in [0.3, 0.4) is 0 Å². The molecule has 5 rings (SSSR count). The molecule has 2 aliphatic rings. The molecule has 3 aromatic rings. The molecule has 2 aliphatic heterocycles. The first-order valence-corrected chi connectivity index (χ1v) is 11.2. The van der Waals surface area contributed by atoms with Crippen molar-refractivity contribution in [3.8, 4) is 17.2 Å². The summed E-state index contributed by atoms with van der Waals surface area (Å²) >= 11 is 0. The van der Waals surface area contributed by atoms with E-state index in [1.54, 1.807) is 29.8 Å². The minimum atomic E-state index is -4.68. The Labute approximate surface area is 202 Å². The molecule has 0 radical (unpaired) electrons. The molecule has 1 aromatic carbocycles. The van der Waals surface area contributed by atoms with Crippen molar-refractivity contribution in [3.63, 3.8) is 0 Å². The van der Waals surface area contributed by atoms with Crippen LogP contribution < -0.4 is 15.0 Å². The summed E-state index contributed by atoms with van der Waals surface area (Å²) in [5.41, 5.74) is -1.83. The Morgan fingerprint density at radius 2 is 1.94 bits per heavy atom. The normalized spacial score (nSPS) is 19.2. The van der Waals surface area contributed by atoms with Gasteiger partial charge in [-0.05, 0) is 38.1 Å². The number of benzene rings is 1. The summed E-state index contributed by atoms with van der Waals surface area (Å²) < 4.78 is 69.1. The van der Waals surface area contributed by atoms with Crippen molar-refractivity contribution in [2.45, 2.75) is 32.0 Å². The number of nitrogens with zero attached hydrogens (tertiary/aromatic N) is 4. The summed E-state index contributed by atoms with van der Waals surface area (Å²) in [4.78, 5) is 31.5. The van der Waals surface area contributed by atoms with Crippen LogP contribution in [0, 0.1) is 12.7 Å². The van der Waals surface area contributed by atoms with Gasteiger partial charge in [0, 0.05) is 19.3 Å². The standard InChI is InChI=1S/C24H22F4N4O4/c1-14-11-31(13-29-14)16-4-5-17-21(33)30(7-8-32(17)22(16)34)9-10-35-18-6-3-15(25)20-19(18)23(2,12-36-20)24(26,27)28/h3-6,11,13H,7-10,12H2,1-2H3. The maximum absolute atomic E-state index is 14.1. The lowest BCUT2D eigenvalue weighted by molar-refractivity contribution is -0.187. The lowest BCUT2D eigenvalue weighted by Crippen LogP contribution is -2.46. The Balaban J connectivity index is 1.32. The number of rotatable bonds is 5. The van der Waals surface area contributed by atoms with E-state index in [-0.39, 0.29) is 48.8 Å². The largest absolute Gasteiger partial charge is 0.491 e. The summed E-state index contributed by atoms with van der Waals surface area (Å²) in [5.74, 6) is -1.92. The Kier molecular flexibility index (Phi) is 5.56. The predicted octanol–water partition coefficient (Wildman–Crippen LogP) is 3.23. The van der Waals surface area contributed by atoms with E-state index >= 15 is 0 Å². The highest BCUT2D eigenvalue weighted by atomic mass is 19.4. The van der Waals surface area contributed by atoms with Crippen LogP contribution in [0.15, 0.2) is 41.6 Å². The number of carbonyl (C=O) groups is 1. The maximum atomic E-state index is 14.1. The summed E-state index contributed by atoms with van der Waals surface area (Å²) in [5, 5.41) is 0. The molecule has 0 fully saturated rings. The molecule has 12 heteroatoms. The summed E-state index contributed by atoms with van der Waals surface area (Å²) in [6, 6.07) is 5.23. The number of ether oxygens (including phenoxy) is 2. The van der Waals surface area contributed by atoms with E-state index in [1.807, 2.05) is 0 Å². The first-order chi connectivity index (χ1) is 17.0. The van der Waals surface area contributed by atoms with Crippen molar-refractivity contribution in [3.05, 3.63) is 69.9 Å². The van der Waals surface area contributed by atoms with Crippen molar-refractivity contribution >= 4 is 5.91 Å². The smallest absolute Gasteiger partial charge is 0.401 e. The molecule has 36 heavy (non-hydrogen) atoms. The molecule has 190 valence electrons. The monoisotopic (exact) mass is 506 g/mol. The summed E-state index contributed by atoms with van der Waals surface area (Å²) in [6.45, 7) is 2.37. The quantitative estimate of drug-likeness (QED) is 0.497. The maximum Gasteiger partial charge on any atom is 0.401 e. The third kappa shape index (κ3) is 3.71. The van der Waals surface area contributed by atoms with Crippen LogP contribution in [0.4, 0.5) is 17.6 Å². The number of amides is 1. The second kappa shape index (κ2) is 8.38. The first-order valence-electron chi connectivity index (χ1n) is 11.2. The topological polar surface area (TPSA) is 78.6 Å². The van der Waals surface area contributed by atoms with Crippen molar-refractivity contribution in [2.75, 3.05) is 26.3 Å².